The Balaban J connectivity index is 2.14. The zero-order chi connectivity index (χ0) is 13.8. The van der Waals surface area contributed by atoms with Crippen LogP contribution in [0.2, 0.25) is 0 Å². The smallest absolute Gasteiger partial charge is 0.259 e. The van der Waals surface area contributed by atoms with Crippen LogP contribution in [0.1, 0.15) is 21.8 Å². The van der Waals surface area contributed by atoms with Gasteiger partial charge in [0.2, 0.25) is 5.88 Å². The Morgan fingerprint density at radius 1 is 1.53 bits per heavy atom. The van der Waals surface area contributed by atoms with Crippen LogP contribution in [0, 0.1) is 6.92 Å². The molecule has 0 saturated carbocycles. The monoisotopic (exact) mass is 261 g/mol. The average molecular weight is 261 g/mol. The zero-order valence-corrected chi connectivity index (χ0v) is 11.1. The number of aryl methyl sites for hydroxylation is 1. The van der Waals surface area contributed by atoms with E-state index in [1.54, 1.807) is 31.4 Å². The highest BCUT2D eigenvalue weighted by Crippen LogP contribution is 2.16. The molecule has 0 spiro atoms. The largest absolute Gasteiger partial charge is 0.480 e. The van der Waals surface area contributed by atoms with Crippen molar-refractivity contribution in [3.63, 3.8) is 0 Å². The van der Waals surface area contributed by atoms with E-state index in [4.69, 9.17) is 9.26 Å². The molecule has 6 nitrogen and oxygen atoms in total. The predicted octanol–water partition coefficient (Wildman–Crippen LogP) is 1.66. The van der Waals surface area contributed by atoms with Gasteiger partial charge in [0.25, 0.3) is 5.91 Å². The summed E-state index contributed by atoms with van der Waals surface area (Å²) in [5.41, 5.74) is 1.13. The SMILES string of the molecule is COc1ncccc1C(=O)N(C)Cc1cc(C)on1. The Kier molecular flexibility index (Phi) is 3.79. The second-order valence-electron chi connectivity index (χ2n) is 4.15. The standard InChI is InChI=1S/C13H15N3O3/c1-9-7-10(15-19-9)8-16(2)13(17)11-5-4-6-14-12(11)18-3/h4-7H,8H2,1-3H3. The Morgan fingerprint density at radius 2 is 2.32 bits per heavy atom. The van der Waals surface area contributed by atoms with Gasteiger partial charge < -0.3 is 14.2 Å². The van der Waals surface area contributed by atoms with E-state index in [-0.39, 0.29) is 5.91 Å². The topological polar surface area (TPSA) is 68.5 Å². The van der Waals surface area contributed by atoms with E-state index >= 15 is 0 Å². The molecule has 19 heavy (non-hydrogen) atoms. The lowest BCUT2D eigenvalue weighted by Crippen LogP contribution is -2.26. The number of hydrogen-bond acceptors (Lipinski definition) is 5. The Hall–Kier alpha value is -2.37. The number of nitrogens with zero attached hydrogens (tertiary/aromatic N) is 3. The average Bonchev–Trinajstić information content (AvgIpc) is 2.83. The molecular formula is C13H15N3O3. The van der Waals surface area contributed by atoms with Crippen molar-refractivity contribution < 1.29 is 14.1 Å². The second kappa shape index (κ2) is 5.51. The summed E-state index contributed by atoms with van der Waals surface area (Å²) in [7, 11) is 3.18. The van der Waals surface area contributed by atoms with Gasteiger partial charge in [-0.1, -0.05) is 5.16 Å². The molecule has 2 heterocycles. The number of hydrogen-bond donors (Lipinski definition) is 0. The van der Waals surface area contributed by atoms with Gasteiger partial charge in [-0.3, -0.25) is 4.79 Å². The lowest BCUT2D eigenvalue weighted by Gasteiger charge is -2.16. The van der Waals surface area contributed by atoms with E-state index in [1.807, 2.05) is 6.92 Å². The van der Waals surface area contributed by atoms with Gasteiger partial charge in [-0.25, -0.2) is 4.98 Å². The third-order valence-corrected chi connectivity index (χ3v) is 2.62. The van der Waals surface area contributed by atoms with Crippen LogP contribution < -0.4 is 4.74 Å². The number of rotatable bonds is 4. The summed E-state index contributed by atoms with van der Waals surface area (Å²) in [6.07, 6.45) is 1.58. The quantitative estimate of drug-likeness (QED) is 0.837. The van der Waals surface area contributed by atoms with Gasteiger partial charge in [0, 0.05) is 19.3 Å². The van der Waals surface area contributed by atoms with Crippen molar-refractivity contribution in [1.82, 2.24) is 15.0 Å². The summed E-state index contributed by atoms with van der Waals surface area (Å²) in [5, 5.41) is 3.86. The van der Waals surface area contributed by atoms with E-state index < -0.39 is 0 Å². The van der Waals surface area contributed by atoms with E-state index in [9.17, 15) is 4.79 Å². The second-order valence-corrected chi connectivity index (χ2v) is 4.15. The maximum Gasteiger partial charge on any atom is 0.259 e. The number of amides is 1. The van der Waals surface area contributed by atoms with Gasteiger partial charge in [-0.15, -0.1) is 0 Å². The first-order valence-electron chi connectivity index (χ1n) is 5.78. The summed E-state index contributed by atoms with van der Waals surface area (Å²) >= 11 is 0. The third-order valence-electron chi connectivity index (χ3n) is 2.62. The first-order valence-corrected chi connectivity index (χ1v) is 5.78. The minimum atomic E-state index is -0.175. The van der Waals surface area contributed by atoms with E-state index in [2.05, 4.69) is 10.1 Å². The summed E-state index contributed by atoms with van der Waals surface area (Å²) in [5.74, 6) is 0.857. The lowest BCUT2D eigenvalue weighted by atomic mass is 10.2. The minimum absolute atomic E-state index is 0.175. The van der Waals surface area contributed by atoms with Crippen molar-refractivity contribution in [2.45, 2.75) is 13.5 Å². The third kappa shape index (κ3) is 2.90. The summed E-state index contributed by atoms with van der Waals surface area (Å²) in [6, 6.07) is 5.17. The molecule has 2 rings (SSSR count). The number of aromatic nitrogens is 2. The minimum Gasteiger partial charge on any atom is -0.480 e. The molecule has 2 aromatic heterocycles. The van der Waals surface area contributed by atoms with Crippen LogP contribution in [0.3, 0.4) is 0 Å². The molecule has 6 heteroatoms. The maximum atomic E-state index is 12.3. The Bertz CT molecular complexity index is 580. The van der Waals surface area contributed by atoms with Gasteiger partial charge in [0.15, 0.2) is 0 Å². The molecule has 0 aromatic carbocycles. The molecular weight excluding hydrogens is 246 g/mol. The van der Waals surface area contributed by atoms with Gasteiger partial charge in [0.1, 0.15) is 17.0 Å². The van der Waals surface area contributed by atoms with E-state index in [0.29, 0.717) is 23.7 Å². The molecule has 0 atom stereocenters. The van der Waals surface area contributed by atoms with Gasteiger partial charge in [-0.05, 0) is 19.1 Å². The van der Waals surface area contributed by atoms with Crippen molar-refractivity contribution in [3.8, 4) is 5.88 Å². The van der Waals surface area contributed by atoms with Crippen molar-refractivity contribution >= 4 is 5.91 Å². The predicted molar refractivity (Wildman–Crippen MR) is 67.8 cm³/mol. The molecule has 0 bridgehead atoms. The molecule has 0 radical (unpaired) electrons. The molecule has 2 aromatic rings. The fourth-order valence-electron chi connectivity index (χ4n) is 1.73. The van der Waals surface area contributed by atoms with E-state index in [0.717, 1.165) is 5.76 Å². The number of methoxy groups -OCH3 is 1. The van der Waals surface area contributed by atoms with Crippen molar-refractivity contribution in [2.75, 3.05) is 14.2 Å². The highest BCUT2D eigenvalue weighted by atomic mass is 16.5. The number of pyridine rings is 1. The fourth-order valence-corrected chi connectivity index (χ4v) is 1.73. The van der Waals surface area contributed by atoms with Crippen LogP contribution in [0.5, 0.6) is 5.88 Å². The molecule has 1 amide bonds. The zero-order valence-electron chi connectivity index (χ0n) is 11.1. The molecule has 0 aliphatic rings. The fraction of sp³-hybridized carbons (Fsp3) is 0.308. The first-order chi connectivity index (χ1) is 9.11. The van der Waals surface area contributed by atoms with Crippen LogP contribution in [0.4, 0.5) is 0 Å². The van der Waals surface area contributed by atoms with Crippen LogP contribution in [-0.2, 0) is 6.54 Å². The number of carbonyl (C=O) groups is 1. The molecule has 0 unspecified atom stereocenters. The molecule has 0 aliphatic heterocycles. The first kappa shape index (κ1) is 13.1. The molecule has 0 N–H and O–H groups in total. The van der Waals surface area contributed by atoms with Gasteiger partial charge in [-0.2, -0.15) is 0 Å². The van der Waals surface area contributed by atoms with Gasteiger partial charge in [0.05, 0.1) is 13.7 Å². The molecule has 100 valence electrons. The van der Waals surface area contributed by atoms with Crippen LogP contribution >= 0.6 is 0 Å². The number of carbonyl (C=O) groups excluding carboxylic acids is 1. The van der Waals surface area contributed by atoms with Crippen LogP contribution in [0.15, 0.2) is 28.9 Å². The van der Waals surface area contributed by atoms with Crippen LogP contribution in [-0.4, -0.2) is 35.1 Å². The Morgan fingerprint density at radius 3 is 2.95 bits per heavy atom. The summed E-state index contributed by atoms with van der Waals surface area (Å²) in [6.45, 7) is 2.18. The summed E-state index contributed by atoms with van der Waals surface area (Å²) in [4.78, 5) is 17.8. The maximum absolute atomic E-state index is 12.3. The van der Waals surface area contributed by atoms with Crippen molar-refractivity contribution in [1.29, 1.82) is 0 Å². The lowest BCUT2D eigenvalue weighted by molar-refractivity contribution is 0.0778. The normalized spacial score (nSPS) is 10.3. The van der Waals surface area contributed by atoms with E-state index in [1.165, 1.54) is 12.0 Å². The molecule has 0 fully saturated rings. The van der Waals surface area contributed by atoms with Crippen molar-refractivity contribution in [3.05, 3.63) is 41.4 Å². The number of ether oxygens (including phenoxy) is 1. The highest BCUT2D eigenvalue weighted by molar-refractivity contribution is 5.96. The van der Waals surface area contributed by atoms with Gasteiger partial charge >= 0.3 is 0 Å². The Labute approximate surface area is 111 Å². The van der Waals surface area contributed by atoms with Crippen LogP contribution in [0.25, 0.3) is 0 Å². The summed E-state index contributed by atoms with van der Waals surface area (Å²) < 4.78 is 10.0. The highest BCUT2D eigenvalue weighted by Gasteiger charge is 2.18. The molecule has 0 saturated heterocycles. The molecule has 0 aliphatic carbocycles. The van der Waals surface area contributed by atoms with Crippen molar-refractivity contribution in [2.24, 2.45) is 0 Å².